The minimum atomic E-state index is -0.724. The molecule has 0 radical (unpaired) electrons. The van der Waals surface area contributed by atoms with Crippen LogP contribution in [0, 0.1) is 5.92 Å². The van der Waals surface area contributed by atoms with Gasteiger partial charge >= 0.3 is 5.97 Å². The maximum absolute atomic E-state index is 10.9. The third-order valence-electron chi connectivity index (χ3n) is 3.12. The van der Waals surface area contributed by atoms with E-state index in [0.717, 1.165) is 6.54 Å². The molecule has 0 aliphatic carbocycles. The molecule has 0 spiro atoms. The number of likely N-dealkylation sites (tertiary alicyclic amines) is 1. The molecule has 1 aromatic rings. The Morgan fingerprint density at radius 3 is 2.78 bits per heavy atom. The molecule has 1 aliphatic rings. The second-order valence-electron chi connectivity index (χ2n) is 5.82. The Morgan fingerprint density at radius 2 is 2.28 bits per heavy atom. The van der Waals surface area contributed by atoms with Crippen LogP contribution in [-0.4, -0.2) is 39.2 Å². The largest absolute Gasteiger partial charge is 0.481 e. The summed E-state index contributed by atoms with van der Waals surface area (Å²) in [5.41, 5.74) is -0.129. The van der Waals surface area contributed by atoms with E-state index in [1.54, 1.807) is 0 Å². The lowest BCUT2D eigenvalue weighted by Crippen LogP contribution is -2.23. The Balaban J connectivity index is 1.95. The second kappa shape index (κ2) is 4.68. The monoisotopic (exact) mass is 253 g/mol. The first-order valence-electron chi connectivity index (χ1n) is 6.14. The Morgan fingerprint density at radius 1 is 1.56 bits per heavy atom. The number of carboxylic acids is 1. The highest BCUT2D eigenvalue weighted by Gasteiger charge is 2.29. The summed E-state index contributed by atoms with van der Waals surface area (Å²) in [6, 6.07) is 0. The maximum atomic E-state index is 10.9. The molecule has 18 heavy (non-hydrogen) atoms. The summed E-state index contributed by atoms with van der Waals surface area (Å²) in [6.07, 6.45) is 0.690. The molecule has 0 bridgehead atoms. The quantitative estimate of drug-likeness (QED) is 0.874. The summed E-state index contributed by atoms with van der Waals surface area (Å²) >= 11 is 0. The van der Waals surface area contributed by atoms with Gasteiger partial charge in [0.05, 0.1) is 12.5 Å². The van der Waals surface area contributed by atoms with Gasteiger partial charge in [0.25, 0.3) is 0 Å². The van der Waals surface area contributed by atoms with E-state index in [0.29, 0.717) is 31.2 Å². The summed E-state index contributed by atoms with van der Waals surface area (Å²) in [5, 5.41) is 12.9. The van der Waals surface area contributed by atoms with Crippen molar-refractivity contribution in [2.45, 2.75) is 39.2 Å². The van der Waals surface area contributed by atoms with E-state index in [1.807, 2.05) is 25.7 Å². The molecule has 1 unspecified atom stereocenters. The highest BCUT2D eigenvalue weighted by atomic mass is 16.5. The summed E-state index contributed by atoms with van der Waals surface area (Å²) in [6.45, 7) is 7.94. The van der Waals surface area contributed by atoms with Crippen molar-refractivity contribution in [1.29, 1.82) is 0 Å². The first-order chi connectivity index (χ1) is 8.36. The highest BCUT2D eigenvalue weighted by molar-refractivity contribution is 5.70. The molecule has 6 nitrogen and oxygen atoms in total. The lowest BCUT2D eigenvalue weighted by atomic mass is 9.96. The molecule has 2 heterocycles. The van der Waals surface area contributed by atoms with Crippen LogP contribution in [0.2, 0.25) is 0 Å². The van der Waals surface area contributed by atoms with E-state index in [9.17, 15) is 4.79 Å². The number of nitrogens with zero attached hydrogens (tertiary/aromatic N) is 3. The van der Waals surface area contributed by atoms with Crippen LogP contribution >= 0.6 is 0 Å². The molecule has 1 aliphatic heterocycles. The molecule has 2 rings (SSSR count). The third-order valence-corrected chi connectivity index (χ3v) is 3.12. The number of carboxylic acid groups (broad SMARTS) is 1. The van der Waals surface area contributed by atoms with E-state index in [2.05, 4.69) is 10.1 Å². The first kappa shape index (κ1) is 13.0. The van der Waals surface area contributed by atoms with Gasteiger partial charge in [0.15, 0.2) is 5.82 Å². The standard InChI is InChI=1S/C12H19N3O3/c1-12(2,3)11-13-9(18-14-11)7-15-5-4-8(6-15)10(16)17/h8H,4-7H2,1-3H3,(H,16,17). The van der Waals surface area contributed by atoms with Crippen LogP contribution in [0.3, 0.4) is 0 Å². The number of carbonyl (C=O) groups is 1. The van der Waals surface area contributed by atoms with Crippen LogP contribution in [-0.2, 0) is 16.8 Å². The Hall–Kier alpha value is -1.43. The third kappa shape index (κ3) is 2.87. The van der Waals surface area contributed by atoms with Gasteiger partial charge in [-0.2, -0.15) is 4.98 Å². The SMILES string of the molecule is CC(C)(C)c1noc(CN2CCC(C(=O)O)C2)n1. The van der Waals surface area contributed by atoms with E-state index >= 15 is 0 Å². The van der Waals surface area contributed by atoms with Gasteiger partial charge in [0.2, 0.25) is 5.89 Å². The zero-order valence-electron chi connectivity index (χ0n) is 11.0. The van der Waals surface area contributed by atoms with Gasteiger partial charge in [0, 0.05) is 12.0 Å². The maximum Gasteiger partial charge on any atom is 0.307 e. The molecule has 0 amide bonds. The zero-order valence-corrected chi connectivity index (χ0v) is 11.0. The lowest BCUT2D eigenvalue weighted by molar-refractivity contribution is -0.141. The van der Waals surface area contributed by atoms with Gasteiger partial charge in [-0.1, -0.05) is 25.9 Å². The average molecular weight is 253 g/mol. The van der Waals surface area contributed by atoms with Gasteiger partial charge in [-0.15, -0.1) is 0 Å². The van der Waals surface area contributed by atoms with Crippen molar-refractivity contribution >= 4 is 5.97 Å². The van der Waals surface area contributed by atoms with E-state index in [1.165, 1.54) is 0 Å². The topological polar surface area (TPSA) is 79.5 Å². The van der Waals surface area contributed by atoms with Crippen LogP contribution in [0.1, 0.15) is 38.9 Å². The molecule has 1 aromatic heterocycles. The van der Waals surface area contributed by atoms with Crippen LogP contribution < -0.4 is 0 Å². The van der Waals surface area contributed by atoms with Crippen molar-refractivity contribution < 1.29 is 14.4 Å². The van der Waals surface area contributed by atoms with Crippen LogP contribution in [0.25, 0.3) is 0 Å². The molecule has 100 valence electrons. The summed E-state index contributed by atoms with van der Waals surface area (Å²) in [4.78, 5) is 17.2. The molecule has 6 heteroatoms. The Labute approximate surface area is 106 Å². The molecular weight excluding hydrogens is 234 g/mol. The number of aliphatic carboxylic acids is 1. The van der Waals surface area contributed by atoms with Gasteiger partial charge in [-0.3, -0.25) is 9.69 Å². The summed E-state index contributed by atoms with van der Waals surface area (Å²) in [5.74, 6) is 0.255. The lowest BCUT2D eigenvalue weighted by Gasteiger charge is -2.12. The Bertz CT molecular complexity index is 436. The van der Waals surface area contributed by atoms with Crippen molar-refractivity contribution in [2.24, 2.45) is 5.92 Å². The fourth-order valence-electron chi connectivity index (χ4n) is 1.99. The first-order valence-corrected chi connectivity index (χ1v) is 6.14. The van der Waals surface area contributed by atoms with Crippen molar-refractivity contribution in [1.82, 2.24) is 15.0 Å². The highest BCUT2D eigenvalue weighted by Crippen LogP contribution is 2.21. The molecule has 1 N–H and O–H groups in total. The predicted octanol–water partition coefficient (Wildman–Crippen LogP) is 1.27. The smallest absolute Gasteiger partial charge is 0.307 e. The van der Waals surface area contributed by atoms with Gasteiger partial charge < -0.3 is 9.63 Å². The molecule has 0 aromatic carbocycles. The summed E-state index contributed by atoms with van der Waals surface area (Å²) in [7, 11) is 0. The van der Waals surface area contributed by atoms with Crippen LogP contribution in [0.5, 0.6) is 0 Å². The van der Waals surface area contributed by atoms with E-state index < -0.39 is 5.97 Å². The van der Waals surface area contributed by atoms with Crippen molar-refractivity contribution in [3.8, 4) is 0 Å². The number of hydrogen-bond acceptors (Lipinski definition) is 5. The number of hydrogen-bond donors (Lipinski definition) is 1. The minimum Gasteiger partial charge on any atom is -0.481 e. The van der Waals surface area contributed by atoms with Crippen LogP contribution in [0.15, 0.2) is 4.52 Å². The second-order valence-corrected chi connectivity index (χ2v) is 5.82. The minimum absolute atomic E-state index is 0.129. The number of rotatable bonds is 3. The fraction of sp³-hybridized carbons (Fsp3) is 0.750. The molecule has 0 saturated carbocycles. The Kier molecular flexibility index (Phi) is 3.38. The van der Waals surface area contributed by atoms with E-state index in [-0.39, 0.29) is 11.3 Å². The zero-order chi connectivity index (χ0) is 13.3. The van der Waals surface area contributed by atoms with Crippen molar-refractivity contribution in [3.63, 3.8) is 0 Å². The number of aromatic nitrogens is 2. The van der Waals surface area contributed by atoms with E-state index in [4.69, 9.17) is 9.63 Å². The van der Waals surface area contributed by atoms with Crippen molar-refractivity contribution in [3.05, 3.63) is 11.7 Å². The average Bonchev–Trinajstić information content (AvgIpc) is 2.85. The predicted molar refractivity (Wildman–Crippen MR) is 64.0 cm³/mol. The van der Waals surface area contributed by atoms with Crippen molar-refractivity contribution in [2.75, 3.05) is 13.1 Å². The van der Waals surface area contributed by atoms with Gasteiger partial charge in [-0.05, 0) is 13.0 Å². The fourth-order valence-corrected chi connectivity index (χ4v) is 1.99. The van der Waals surface area contributed by atoms with Gasteiger partial charge in [0.1, 0.15) is 0 Å². The molecular formula is C12H19N3O3. The molecule has 1 fully saturated rings. The van der Waals surface area contributed by atoms with Crippen LogP contribution in [0.4, 0.5) is 0 Å². The van der Waals surface area contributed by atoms with Gasteiger partial charge in [-0.25, -0.2) is 0 Å². The molecule has 1 atom stereocenters. The molecule has 1 saturated heterocycles. The summed E-state index contributed by atoms with van der Waals surface area (Å²) < 4.78 is 5.20. The normalized spacial score (nSPS) is 21.4.